The Morgan fingerprint density at radius 2 is 1.58 bits per heavy atom. The zero-order valence-electron chi connectivity index (χ0n) is 33.2. The van der Waals surface area contributed by atoms with Crippen LogP contribution in [0.25, 0.3) is 10.8 Å². The molecule has 2 aliphatic carbocycles. The molecule has 11 rings (SSSR count). The van der Waals surface area contributed by atoms with Crippen LogP contribution in [-0.4, -0.2) is 65.2 Å². The van der Waals surface area contributed by atoms with E-state index in [4.69, 9.17) is 33.5 Å². The van der Waals surface area contributed by atoms with Crippen LogP contribution in [0.2, 0.25) is 0 Å². The first-order chi connectivity index (χ1) is 27.2. The zero-order chi connectivity index (χ0) is 39.8. The molecule has 6 aliphatic heterocycles. The van der Waals surface area contributed by atoms with Gasteiger partial charge in [-0.15, -0.1) is 0 Å². The van der Waals surface area contributed by atoms with Gasteiger partial charge >= 0.3 is 11.9 Å². The first kappa shape index (κ1) is 37.1. The maximum atomic E-state index is 14.3. The summed E-state index contributed by atoms with van der Waals surface area (Å²) in [6.45, 7) is 11.9. The first-order valence-corrected chi connectivity index (χ1v) is 20.5. The second kappa shape index (κ2) is 12.9. The number of hydrogen-bond acceptors (Lipinski definition) is 12. The summed E-state index contributed by atoms with van der Waals surface area (Å²) in [4.78, 5) is 67.3. The Kier molecular flexibility index (Phi) is 8.39. The van der Waals surface area contributed by atoms with Crippen LogP contribution >= 0.6 is 0 Å². The van der Waals surface area contributed by atoms with Gasteiger partial charge in [-0.25, -0.2) is 9.78 Å². The Labute approximate surface area is 331 Å². The molecule has 300 valence electrons. The highest BCUT2D eigenvalue weighted by Crippen LogP contribution is 2.61. The van der Waals surface area contributed by atoms with Crippen LogP contribution < -0.4 is 5.32 Å². The molecule has 4 bridgehead atoms. The number of esters is 2. The number of ketones is 2. The Morgan fingerprint density at radius 1 is 0.842 bits per heavy atom. The standard InChI is InChI=1S/C45H49NO11/c1-21-7-10-26-25(19-21)9-11-28-35(26)38(49)29-13-12-27-32-20-43(5,46-37(27)36(29)39(28)50)40(24(4)51-32)52-33(47)15-16-34(48)53-41-23(3)31-14-8-22(2)30-17-18-44(6)55-42(54-41)45(30,31)57-56-44/h7,9-13,19,22-24,30-32,40-42,46H,8,14-18,20H2,1-6H3/t22-,23-,24+,30+,31+,32?,40+,41?,42-,43?,44?,45-/m1/s1. The molecule has 1 spiro atoms. The lowest BCUT2D eigenvalue weighted by Gasteiger charge is -2.59. The Bertz CT molecular complexity index is 2250. The number of aryl methyl sites for hydroxylation is 1. The smallest absolute Gasteiger partial charge is 0.308 e. The third-order valence-electron chi connectivity index (χ3n) is 14.3. The lowest BCUT2D eigenvalue weighted by Crippen LogP contribution is -2.70. The van der Waals surface area contributed by atoms with Crippen molar-refractivity contribution in [3.05, 3.63) is 75.8 Å². The van der Waals surface area contributed by atoms with E-state index in [0.29, 0.717) is 46.7 Å². The van der Waals surface area contributed by atoms with Gasteiger partial charge in [-0.2, -0.15) is 0 Å². The Balaban J connectivity index is 0.833. The monoisotopic (exact) mass is 779 g/mol. The summed E-state index contributed by atoms with van der Waals surface area (Å²) in [6.07, 6.45) is 0.191. The van der Waals surface area contributed by atoms with E-state index in [1.54, 1.807) is 12.1 Å². The number of benzene rings is 3. The molecule has 1 N–H and O–H groups in total. The van der Waals surface area contributed by atoms with Crippen molar-refractivity contribution in [2.75, 3.05) is 5.32 Å². The molecule has 0 radical (unpaired) electrons. The van der Waals surface area contributed by atoms with Crippen molar-refractivity contribution in [2.24, 2.45) is 23.7 Å². The molecule has 0 amide bonds. The number of carbonyl (C=O) groups is 4. The number of hydrogen-bond donors (Lipinski definition) is 1. The van der Waals surface area contributed by atoms with Crippen LogP contribution in [-0.2, 0) is 43.0 Å². The maximum absolute atomic E-state index is 14.3. The van der Waals surface area contributed by atoms with E-state index >= 15 is 0 Å². The summed E-state index contributed by atoms with van der Waals surface area (Å²) in [6, 6.07) is 13.1. The van der Waals surface area contributed by atoms with Crippen molar-refractivity contribution < 1.29 is 52.6 Å². The summed E-state index contributed by atoms with van der Waals surface area (Å²) in [5, 5.41) is 5.21. The Hall–Kier alpha value is -4.20. The molecule has 3 aromatic carbocycles. The minimum absolute atomic E-state index is 0.00803. The number of anilines is 1. The van der Waals surface area contributed by atoms with E-state index in [1.807, 2.05) is 65.0 Å². The van der Waals surface area contributed by atoms with Crippen molar-refractivity contribution in [3.63, 3.8) is 0 Å². The van der Waals surface area contributed by atoms with Gasteiger partial charge < -0.3 is 29.0 Å². The molecule has 57 heavy (non-hydrogen) atoms. The third kappa shape index (κ3) is 5.50. The number of fused-ring (bicyclic) bond motifs is 11. The van der Waals surface area contributed by atoms with Crippen LogP contribution in [0.4, 0.5) is 5.69 Å². The van der Waals surface area contributed by atoms with Crippen molar-refractivity contribution >= 4 is 40.0 Å². The van der Waals surface area contributed by atoms with Crippen LogP contribution in [0, 0.1) is 30.6 Å². The van der Waals surface area contributed by atoms with Gasteiger partial charge in [0.1, 0.15) is 0 Å². The van der Waals surface area contributed by atoms with Gasteiger partial charge in [0.25, 0.3) is 0 Å². The molecule has 6 fully saturated rings. The van der Waals surface area contributed by atoms with E-state index in [2.05, 4.69) is 12.2 Å². The number of nitrogens with one attached hydrogen (secondary N) is 1. The predicted octanol–water partition coefficient (Wildman–Crippen LogP) is 7.40. The van der Waals surface area contributed by atoms with Crippen molar-refractivity contribution in [1.29, 1.82) is 0 Å². The molecule has 12 atom stereocenters. The average Bonchev–Trinajstić information content (AvgIpc) is 3.41. The van der Waals surface area contributed by atoms with Gasteiger partial charge in [0.2, 0.25) is 12.1 Å². The highest BCUT2D eigenvalue weighted by Gasteiger charge is 2.70. The topological polar surface area (TPSA) is 145 Å². The van der Waals surface area contributed by atoms with E-state index < -0.39 is 59.8 Å². The normalized spacial score (nSPS) is 38.5. The van der Waals surface area contributed by atoms with Crippen LogP contribution in [0.3, 0.4) is 0 Å². The third-order valence-corrected chi connectivity index (χ3v) is 14.3. The summed E-state index contributed by atoms with van der Waals surface area (Å²) in [7, 11) is 0. The van der Waals surface area contributed by atoms with Gasteiger partial charge in [0.15, 0.2) is 29.6 Å². The predicted molar refractivity (Wildman–Crippen MR) is 204 cm³/mol. The van der Waals surface area contributed by atoms with Crippen LogP contribution in [0.5, 0.6) is 0 Å². The zero-order valence-corrected chi connectivity index (χ0v) is 33.2. The van der Waals surface area contributed by atoms with Crippen LogP contribution in [0.15, 0.2) is 42.5 Å². The van der Waals surface area contributed by atoms with Crippen molar-refractivity contribution in [3.8, 4) is 0 Å². The van der Waals surface area contributed by atoms with E-state index in [0.717, 1.165) is 41.2 Å². The lowest BCUT2D eigenvalue weighted by molar-refractivity contribution is -0.576. The van der Waals surface area contributed by atoms with Crippen molar-refractivity contribution in [1.82, 2.24) is 0 Å². The van der Waals surface area contributed by atoms with E-state index in [1.165, 1.54) is 0 Å². The summed E-state index contributed by atoms with van der Waals surface area (Å²) in [5.41, 5.74) is 2.15. The first-order valence-electron chi connectivity index (χ1n) is 20.5. The molecular formula is C45H49NO11. The second-order valence-electron chi connectivity index (χ2n) is 18.1. The lowest BCUT2D eigenvalue weighted by atomic mass is 9.58. The van der Waals surface area contributed by atoms with Crippen LogP contribution in [0.1, 0.15) is 129 Å². The second-order valence-corrected chi connectivity index (χ2v) is 18.1. The number of ether oxygens (including phenoxy) is 5. The van der Waals surface area contributed by atoms with Crippen molar-refractivity contribution in [2.45, 2.75) is 134 Å². The quantitative estimate of drug-likeness (QED) is 0.159. The van der Waals surface area contributed by atoms with Gasteiger partial charge in [-0.05, 0) is 81.7 Å². The SMILES string of the molecule is Cc1ccc2c3c(ccc2c1)C(=O)c1c(ccc2c1NC1(C)CC2O[C@@H](C)[C@@H]1OC(=O)CCC(=O)OC1O[C@@H]2OC4(C)CC[C@H]5[C@H](C)CC[C@@H]([C@H]1C)[C@@]25OO4)C3=O. The molecule has 12 heteroatoms. The van der Waals surface area contributed by atoms with Gasteiger partial charge in [-0.3, -0.25) is 19.2 Å². The molecular weight excluding hydrogens is 730 g/mol. The van der Waals surface area contributed by atoms with E-state index in [-0.39, 0.29) is 42.2 Å². The molecule has 1 saturated carbocycles. The molecule has 0 aromatic heterocycles. The highest BCUT2D eigenvalue weighted by atomic mass is 17.3. The molecule has 8 aliphatic rings. The highest BCUT2D eigenvalue weighted by molar-refractivity contribution is 6.33. The minimum Gasteiger partial charge on any atom is -0.457 e. The summed E-state index contributed by atoms with van der Waals surface area (Å²) >= 11 is 0. The molecule has 3 aromatic rings. The maximum Gasteiger partial charge on any atom is 0.308 e. The fourth-order valence-corrected chi connectivity index (χ4v) is 11.4. The van der Waals surface area contributed by atoms with Gasteiger partial charge in [-0.1, -0.05) is 49.7 Å². The summed E-state index contributed by atoms with van der Waals surface area (Å²) < 4.78 is 31.3. The fourth-order valence-electron chi connectivity index (χ4n) is 11.4. The van der Waals surface area contributed by atoms with Gasteiger partial charge in [0.05, 0.1) is 41.8 Å². The molecule has 6 heterocycles. The number of rotatable bonds is 5. The van der Waals surface area contributed by atoms with Gasteiger partial charge in [0, 0.05) is 46.9 Å². The Morgan fingerprint density at radius 3 is 2.39 bits per heavy atom. The summed E-state index contributed by atoms with van der Waals surface area (Å²) in [5.74, 6) is -2.18. The molecule has 12 nitrogen and oxygen atoms in total. The molecule has 4 unspecified atom stereocenters. The number of carbonyl (C=O) groups excluding carboxylic acids is 4. The molecule has 5 saturated heterocycles. The fraction of sp³-hybridized carbons (Fsp3) is 0.556. The minimum atomic E-state index is -0.950. The average molecular weight is 780 g/mol. The van der Waals surface area contributed by atoms with E-state index in [9.17, 15) is 19.2 Å². The largest absolute Gasteiger partial charge is 0.457 e.